The van der Waals surface area contributed by atoms with Gasteiger partial charge in [-0.1, -0.05) is 6.07 Å². The van der Waals surface area contributed by atoms with Gasteiger partial charge in [-0.3, -0.25) is 9.69 Å². The number of benzene rings is 1. The second-order valence-corrected chi connectivity index (χ2v) is 4.24. The molecule has 0 radical (unpaired) electrons. The largest absolute Gasteiger partial charge is 0.361 e. The minimum Gasteiger partial charge on any atom is -0.361 e. The fraction of sp³-hybridized carbons (Fsp3) is 0.385. The van der Waals surface area contributed by atoms with E-state index < -0.39 is 29.1 Å². The van der Waals surface area contributed by atoms with Gasteiger partial charge in [-0.05, 0) is 12.1 Å². The molecule has 1 aliphatic heterocycles. The molecule has 1 fully saturated rings. The number of Topliss-reactive ketones (excluding diaryl/α,β-unsaturated/α-hetero) is 1. The number of halogens is 2. The molecular formula is C13H12F2N2O2. The molecule has 1 saturated heterocycles. The molecule has 2 rings (SSSR count). The highest BCUT2D eigenvalue weighted by Crippen LogP contribution is 2.14. The van der Waals surface area contributed by atoms with Crippen LogP contribution in [0.4, 0.5) is 8.78 Å². The minimum absolute atomic E-state index is 0.126. The molecule has 1 aromatic rings. The highest BCUT2D eigenvalue weighted by molar-refractivity contribution is 5.98. The molecular weight excluding hydrogens is 254 g/mol. The molecule has 6 heteroatoms. The molecule has 0 bridgehead atoms. The molecule has 19 heavy (non-hydrogen) atoms. The molecule has 0 N–H and O–H groups in total. The van der Waals surface area contributed by atoms with E-state index in [0.29, 0.717) is 13.2 Å². The summed E-state index contributed by atoms with van der Waals surface area (Å²) in [4.78, 5) is 13.6. The van der Waals surface area contributed by atoms with Crippen molar-refractivity contribution in [2.24, 2.45) is 0 Å². The Balaban J connectivity index is 2.07. The van der Waals surface area contributed by atoms with Gasteiger partial charge in [-0.15, -0.1) is 0 Å². The van der Waals surface area contributed by atoms with Crippen molar-refractivity contribution in [3.63, 3.8) is 0 Å². The van der Waals surface area contributed by atoms with Crippen molar-refractivity contribution < 1.29 is 18.3 Å². The zero-order chi connectivity index (χ0) is 13.8. The first-order chi connectivity index (χ1) is 9.11. The van der Waals surface area contributed by atoms with Gasteiger partial charge in [-0.2, -0.15) is 5.26 Å². The van der Waals surface area contributed by atoms with Crippen LogP contribution in [-0.2, 0) is 4.74 Å². The molecule has 1 aliphatic rings. The van der Waals surface area contributed by atoms with E-state index in [-0.39, 0.29) is 13.1 Å². The van der Waals surface area contributed by atoms with E-state index in [0.717, 1.165) is 12.1 Å². The van der Waals surface area contributed by atoms with E-state index in [4.69, 9.17) is 10.00 Å². The number of nitriles is 1. The first kappa shape index (κ1) is 13.6. The number of ketones is 1. The lowest BCUT2D eigenvalue weighted by Gasteiger charge is -2.28. The molecule has 0 aliphatic carbocycles. The predicted molar refractivity (Wildman–Crippen MR) is 62.5 cm³/mol. The lowest BCUT2D eigenvalue weighted by molar-refractivity contribution is 0.00232. The average Bonchev–Trinajstić information content (AvgIpc) is 2.38. The van der Waals surface area contributed by atoms with E-state index >= 15 is 0 Å². The third-order valence-corrected chi connectivity index (χ3v) is 2.90. The number of carbonyl (C=O) groups is 1. The molecule has 1 aromatic carbocycles. The second kappa shape index (κ2) is 5.87. The number of rotatable bonds is 3. The zero-order valence-electron chi connectivity index (χ0n) is 10.1. The Kier molecular flexibility index (Phi) is 4.20. The van der Waals surface area contributed by atoms with E-state index in [1.54, 1.807) is 4.90 Å². The van der Waals surface area contributed by atoms with Gasteiger partial charge in [0.2, 0.25) is 0 Å². The van der Waals surface area contributed by atoms with Gasteiger partial charge >= 0.3 is 0 Å². The fourth-order valence-corrected chi connectivity index (χ4v) is 1.97. The maximum absolute atomic E-state index is 13.4. The summed E-state index contributed by atoms with van der Waals surface area (Å²) in [5.74, 6) is -2.36. The molecule has 0 aromatic heterocycles. The normalized spacial score (nSPS) is 19.9. The van der Waals surface area contributed by atoms with Crippen LogP contribution in [0.5, 0.6) is 0 Å². The highest BCUT2D eigenvalue weighted by Gasteiger charge is 2.24. The quantitative estimate of drug-likeness (QED) is 0.775. The Morgan fingerprint density at radius 1 is 1.47 bits per heavy atom. The topological polar surface area (TPSA) is 53.3 Å². The van der Waals surface area contributed by atoms with Crippen molar-refractivity contribution in [2.45, 2.75) is 6.10 Å². The van der Waals surface area contributed by atoms with Crippen LogP contribution in [0, 0.1) is 23.0 Å². The van der Waals surface area contributed by atoms with E-state index in [1.807, 2.05) is 6.07 Å². The van der Waals surface area contributed by atoms with Crippen LogP contribution in [0.3, 0.4) is 0 Å². The molecule has 100 valence electrons. The molecule has 0 spiro atoms. The van der Waals surface area contributed by atoms with E-state index in [9.17, 15) is 13.6 Å². The van der Waals surface area contributed by atoms with Crippen LogP contribution in [0.2, 0.25) is 0 Å². The number of nitrogens with zero attached hydrogens (tertiary/aromatic N) is 2. The van der Waals surface area contributed by atoms with Crippen LogP contribution in [0.15, 0.2) is 18.2 Å². The van der Waals surface area contributed by atoms with Crippen LogP contribution in [0.25, 0.3) is 0 Å². The Bertz CT molecular complexity index is 508. The maximum Gasteiger partial charge on any atom is 0.182 e. The summed E-state index contributed by atoms with van der Waals surface area (Å²) in [7, 11) is 0. The van der Waals surface area contributed by atoms with E-state index in [2.05, 4.69) is 0 Å². The van der Waals surface area contributed by atoms with Crippen LogP contribution in [-0.4, -0.2) is 43.0 Å². The summed E-state index contributed by atoms with van der Waals surface area (Å²) in [6.07, 6.45) is -0.605. The summed E-state index contributed by atoms with van der Waals surface area (Å²) in [6, 6.07) is 5.26. The number of hydrogen-bond acceptors (Lipinski definition) is 4. The standard InChI is InChI=1S/C13H12F2N2O2/c14-10-2-1-3-11(15)13(10)12(18)8-17-4-5-19-9(6-16)7-17/h1-3,9H,4-5,7-8H2. The lowest BCUT2D eigenvalue weighted by atomic mass is 10.1. The Hall–Kier alpha value is -1.84. The molecule has 0 amide bonds. The van der Waals surface area contributed by atoms with Crippen LogP contribution >= 0.6 is 0 Å². The highest BCUT2D eigenvalue weighted by atomic mass is 19.1. The van der Waals surface area contributed by atoms with E-state index in [1.165, 1.54) is 6.07 Å². The number of carbonyl (C=O) groups excluding carboxylic acids is 1. The summed E-state index contributed by atoms with van der Waals surface area (Å²) >= 11 is 0. The SMILES string of the molecule is N#CC1CN(CC(=O)c2c(F)cccc2F)CCO1. The number of morpholine rings is 1. The van der Waals surface area contributed by atoms with Crippen molar-refractivity contribution in [1.82, 2.24) is 4.90 Å². The molecule has 4 nitrogen and oxygen atoms in total. The first-order valence-corrected chi connectivity index (χ1v) is 5.82. The first-order valence-electron chi connectivity index (χ1n) is 5.82. The lowest BCUT2D eigenvalue weighted by Crippen LogP contribution is -2.44. The third-order valence-electron chi connectivity index (χ3n) is 2.90. The van der Waals surface area contributed by atoms with Crippen LogP contribution < -0.4 is 0 Å². The van der Waals surface area contributed by atoms with Gasteiger partial charge in [0.15, 0.2) is 11.9 Å². The number of ether oxygens (including phenoxy) is 1. The van der Waals surface area contributed by atoms with Gasteiger partial charge in [-0.25, -0.2) is 8.78 Å². The Morgan fingerprint density at radius 3 is 2.79 bits per heavy atom. The third kappa shape index (κ3) is 3.13. The second-order valence-electron chi connectivity index (χ2n) is 4.24. The Morgan fingerprint density at radius 2 is 2.16 bits per heavy atom. The van der Waals surface area contributed by atoms with Gasteiger partial charge in [0.25, 0.3) is 0 Å². The monoisotopic (exact) mass is 266 g/mol. The van der Waals surface area contributed by atoms with Gasteiger partial charge in [0, 0.05) is 13.1 Å². The molecule has 1 heterocycles. The summed E-state index contributed by atoms with van der Waals surface area (Å²) in [5, 5.41) is 8.74. The summed E-state index contributed by atoms with van der Waals surface area (Å²) in [6.45, 7) is 0.920. The molecule has 1 unspecified atom stereocenters. The van der Waals surface area contributed by atoms with Crippen molar-refractivity contribution in [2.75, 3.05) is 26.2 Å². The smallest absolute Gasteiger partial charge is 0.182 e. The average molecular weight is 266 g/mol. The summed E-state index contributed by atoms with van der Waals surface area (Å²) < 4.78 is 32.0. The van der Waals surface area contributed by atoms with Crippen LogP contribution in [0.1, 0.15) is 10.4 Å². The number of hydrogen-bond donors (Lipinski definition) is 0. The van der Waals surface area contributed by atoms with Gasteiger partial charge in [0.1, 0.15) is 11.6 Å². The van der Waals surface area contributed by atoms with Crippen molar-refractivity contribution in [3.8, 4) is 6.07 Å². The maximum atomic E-state index is 13.4. The van der Waals surface area contributed by atoms with Crippen molar-refractivity contribution >= 4 is 5.78 Å². The van der Waals surface area contributed by atoms with Crippen molar-refractivity contribution in [1.29, 1.82) is 5.26 Å². The molecule has 1 atom stereocenters. The summed E-state index contributed by atoms with van der Waals surface area (Å²) in [5.41, 5.74) is -0.525. The fourth-order valence-electron chi connectivity index (χ4n) is 1.97. The zero-order valence-corrected chi connectivity index (χ0v) is 10.1. The Labute approximate surface area is 109 Å². The predicted octanol–water partition coefficient (Wildman–Crippen LogP) is 1.37. The van der Waals surface area contributed by atoms with Gasteiger partial charge < -0.3 is 4.74 Å². The van der Waals surface area contributed by atoms with Gasteiger partial charge in [0.05, 0.1) is 24.8 Å². The van der Waals surface area contributed by atoms with Crippen molar-refractivity contribution in [3.05, 3.63) is 35.4 Å². The molecule has 0 saturated carbocycles. The minimum atomic E-state index is -0.866.